The number of benzene rings is 1. The average Bonchev–Trinajstić information content (AvgIpc) is 2.61. The van der Waals surface area contributed by atoms with Gasteiger partial charge in [0.1, 0.15) is 0 Å². The zero-order valence-electron chi connectivity index (χ0n) is 15.7. The minimum Gasteiger partial charge on any atom is -0.466 e. The van der Waals surface area contributed by atoms with Crippen LogP contribution in [0.5, 0.6) is 0 Å². The molecular formula is C20H27N3O3. The molecule has 2 amide bonds. The maximum atomic E-state index is 12.6. The largest absolute Gasteiger partial charge is 0.466 e. The third-order valence-corrected chi connectivity index (χ3v) is 5.18. The lowest BCUT2D eigenvalue weighted by Gasteiger charge is -2.35. The summed E-state index contributed by atoms with van der Waals surface area (Å²) in [5.74, 6) is 0.210. The van der Waals surface area contributed by atoms with E-state index in [0.717, 1.165) is 30.6 Å². The molecule has 2 aliphatic rings. The van der Waals surface area contributed by atoms with Gasteiger partial charge in [-0.15, -0.1) is 0 Å². The number of rotatable bonds is 4. The summed E-state index contributed by atoms with van der Waals surface area (Å²) in [6.07, 6.45) is 2.36. The van der Waals surface area contributed by atoms with Crippen LogP contribution in [-0.4, -0.2) is 43.6 Å². The summed E-state index contributed by atoms with van der Waals surface area (Å²) in [4.78, 5) is 27.2. The minimum atomic E-state index is -0.505. The number of nitrogens with zero attached hydrogens (tertiary/aromatic N) is 1. The van der Waals surface area contributed by atoms with E-state index in [1.165, 1.54) is 13.5 Å². The van der Waals surface area contributed by atoms with Crippen LogP contribution in [0.4, 0.5) is 4.79 Å². The van der Waals surface area contributed by atoms with E-state index in [9.17, 15) is 9.59 Å². The first-order valence-electron chi connectivity index (χ1n) is 9.16. The van der Waals surface area contributed by atoms with E-state index in [1.54, 1.807) is 0 Å². The Hall–Kier alpha value is -2.34. The number of piperidine rings is 1. The van der Waals surface area contributed by atoms with Crippen molar-refractivity contribution in [1.29, 1.82) is 0 Å². The number of carbonyl (C=O) groups excluding carboxylic acids is 2. The van der Waals surface area contributed by atoms with E-state index in [4.69, 9.17) is 4.74 Å². The number of methoxy groups -OCH3 is 1. The molecule has 0 radical (unpaired) electrons. The molecule has 26 heavy (non-hydrogen) atoms. The molecular weight excluding hydrogens is 330 g/mol. The van der Waals surface area contributed by atoms with Crippen molar-refractivity contribution in [2.75, 3.05) is 26.7 Å². The Balaban J connectivity index is 1.99. The maximum absolute atomic E-state index is 12.6. The molecule has 1 aromatic carbocycles. The molecule has 3 rings (SSSR count). The van der Waals surface area contributed by atoms with Gasteiger partial charge < -0.3 is 15.4 Å². The summed E-state index contributed by atoms with van der Waals surface area (Å²) in [5, 5.41) is 5.74. The quantitative estimate of drug-likeness (QED) is 0.813. The van der Waals surface area contributed by atoms with Gasteiger partial charge in [-0.3, -0.25) is 4.90 Å². The molecule has 1 saturated heterocycles. The van der Waals surface area contributed by atoms with Crippen LogP contribution in [0.25, 0.3) is 0 Å². The molecule has 0 unspecified atom stereocenters. The Kier molecular flexibility index (Phi) is 5.61. The summed E-state index contributed by atoms with van der Waals surface area (Å²) in [5.41, 5.74) is 3.06. The number of hydrogen-bond acceptors (Lipinski definition) is 4. The standard InChI is InChI=1S/C20H27N3O3/c1-13-7-6-10-23(11-13)12-16-17(19(24)26-3)18(22-20(25)21-16)15-9-5-4-8-14(15)2/h4-5,8-9,13,18H,6-7,10-12H2,1-3H3,(H2,21,22,25)/t13-,18+/m0/s1. The Morgan fingerprint density at radius 3 is 2.81 bits per heavy atom. The number of esters is 1. The lowest BCUT2D eigenvalue weighted by Crippen LogP contribution is -2.49. The molecule has 2 N–H and O–H groups in total. The van der Waals surface area contributed by atoms with E-state index < -0.39 is 12.0 Å². The Morgan fingerprint density at radius 1 is 1.35 bits per heavy atom. The fraction of sp³-hybridized carbons (Fsp3) is 0.500. The normalized spacial score (nSPS) is 24.0. The highest BCUT2D eigenvalue weighted by Crippen LogP contribution is 2.30. The highest BCUT2D eigenvalue weighted by molar-refractivity contribution is 5.95. The van der Waals surface area contributed by atoms with Gasteiger partial charge in [-0.25, -0.2) is 9.59 Å². The van der Waals surface area contributed by atoms with Gasteiger partial charge in [-0.05, 0) is 43.4 Å². The second-order valence-corrected chi connectivity index (χ2v) is 7.25. The van der Waals surface area contributed by atoms with Crippen LogP contribution in [-0.2, 0) is 9.53 Å². The van der Waals surface area contributed by atoms with Gasteiger partial charge in [0.15, 0.2) is 0 Å². The number of nitrogens with one attached hydrogen (secondary N) is 2. The topological polar surface area (TPSA) is 70.7 Å². The Labute approximate surface area is 154 Å². The van der Waals surface area contributed by atoms with Gasteiger partial charge in [0.25, 0.3) is 0 Å². The van der Waals surface area contributed by atoms with Crippen molar-refractivity contribution in [3.05, 3.63) is 46.7 Å². The zero-order chi connectivity index (χ0) is 18.7. The fourth-order valence-electron chi connectivity index (χ4n) is 3.89. The third-order valence-electron chi connectivity index (χ3n) is 5.18. The monoisotopic (exact) mass is 357 g/mol. The molecule has 1 aromatic rings. The van der Waals surface area contributed by atoms with Gasteiger partial charge in [0.05, 0.1) is 18.7 Å². The predicted molar refractivity (Wildman–Crippen MR) is 99.5 cm³/mol. The van der Waals surface area contributed by atoms with Crippen LogP contribution in [0.15, 0.2) is 35.5 Å². The third kappa shape index (κ3) is 3.90. The van der Waals surface area contributed by atoms with E-state index >= 15 is 0 Å². The van der Waals surface area contributed by atoms with Crippen molar-refractivity contribution < 1.29 is 14.3 Å². The van der Waals surface area contributed by atoms with E-state index in [-0.39, 0.29) is 6.03 Å². The minimum absolute atomic E-state index is 0.286. The number of hydrogen-bond donors (Lipinski definition) is 2. The molecule has 2 atom stereocenters. The van der Waals surface area contributed by atoms with Crippen molar-refractivity contribution >= 4 is 12.0 Å². The molecule has 6 nitrogen and oxygen atoms in total. The van der Waals surface area contributed by atoms with Crippen molar-refractivity contribution in [3.63, 3.8) is 0 Å². The van der Waals surface area contributed by atoms with Gasteiger partial charge in [0, 0.05) is 18.8 Å². The van der Waals surface area contributed by atoms with Gasteiger partial charge in [-0.1, -0.05) is 31.2 Å². The average molecular weight is 357 g/mol. The van der Waals surface area contributed by atoms with Crippen molar-refractivity contribution in [2.45, 2.75) is 32.7 Å². The number of likely N-dealkylation sites (tertiary alicyclic amines) is 1. The summed E-state index contributed by atoms with van der Waals surface area (Å²) < 4.78 is 5.05. The summed E-state index contributed by atoms with van der Waals surface area (Å²) >= 11 is 0. The maximum Gasteiger partial charge on any atom is 0.338 e. The number of urea groups is 1. The van der Waals surface area contributed by atoms with Crippen LogP contribution in [0.2, 0.25) is 0 Å². The van der Waals surface area contributed by atoms with Crippen LogP contribution < -0.4 is 10.6 Å². The molecule has 0 aromatic heterocycles. The Morgan fingerprint density at radius 2 is 2.12 bits per heavy atom. The molecule has 2 aliphatic heterocycles. The molecule has 0 saturated carbocycles. The van der Waals surface area contributed by atoms with Crippen LogP contribution >= 0.6 is 0 Å². The fourth-order valence-corrected chi connectivity index (χ4v) is 3.89. The Bertz CT molecular complexity index is 729. The van der Waals surface area contributed by atoms with Crippen molar-refractivity contribution in [1.82, 2.24) is 15.5 Å². The van der Waals surface area contributed by atoms with Crippen molar-refractivity contribution in [3.8, 4) is 0 Å². The van der Waals surface area contributed by atoms with Gasteiger partial charge in [0.2, 0.25) is 0 Å². The summed E-state index contributed by atoms with van der Waals surface area (Å²) in [6.45, 7) is 6.70. The van der Waals surface area contributed by atoms with Crippen LogP contribution in [0.3, 0.4) is 0 Å². The first-order valence-corrected chi connectivity index (χ1v) is 9.16. The first-order chi connectivity index (χ1) is 12.5. The van der Waals surface area contributed by atoms with E-state index in [1.807, 2.05) is 31.2 Å². The van der Waals surface area contributed by atoms with Gasteiger partial charge in [-0.2, -0.15) is 0 Å². The molecule has 0 spiro atoms. The number of carbonyl (C=O) groups is 2. The number of amides is 2. The summed E-state index contributed by atoms with van der Waals surface area (Å²) in [6, 6.07) is 6.98. The SMILES string of the molecule is COC(=O)C1=C(CN2CCC[C@H](C)C2)NC(=O)N[C@@H]1c1ccccc1C. The second-order valence-electron chi connectivity index (χ2n) is 7.25. The molecule has 0 aliphatic carbocycles. The number of ether oxygens (including phenoxy) is 1. The van der Waals surface area contributed by atoms with Crippen LogP contribution in [0.1, 0.15) is 36.9 Å². The first kappa shape index (κ1) is 18.5. The predicted octanol–water partition coefficient (Wildman–Crippen LogP) is 2.51. The molecule has 6 heteroatoms. The van der Waals surface area contributed by atoms with Crippen LogP contribution in [0, 0.1) is 12.8 Å². The van der Waals surface area contributed by atoms with E-state index in [2.05, 4.69) is 22.5 Å². The lowest BCUT2D eigenvalue weighted by molar-refractivity contribution is -0.136. The highest BCUT2D eigenvalue weighted by atomic mass is 16.5. The smallest absolute Gasteiger partial charge is 0.338 e. The second kappa shape index (κ2) is 7.91. The van der Waals surface area contributed by atoms with E-state index in [0.29, 0.717) is 23.7 Å². The summed E-state index contributed by atoms with van der Waals surface area (Å²) in [7, 11) is 1.38. The zero-order valence-corrected chi connectivity index (χ0v) is 15.7. The molecule has 1 fully saturated rings. The van der Waals surface area contributed by atoms with Crippen molar-refractivity contribution in [2.24, 2.45) is 5.92 Å². The molecule has 140 valence electrons. The van der Waals surface area contributed by atoms with Gasteiger partial charge >= 0.3 is 12.0 Å². The molecule has 0 bridgehead atoms. The lowest BCUT2D eigenvalue weighted by atomic mass is 9.91. The highest BCUT2D eigenvalue weighted by Gasteiger charge is 2.35. The number of aryl methyl sites for hydroxylation is 1. The molecule has 2 heterocycles.